The molecule has 0 amide bonds. The molecule has 0 radical (unpaired) electrons. The summed E-state index contributed by atoms with van der Waals surface area (Å²) in [7, 11) is 0. The molecule has 2 heterocycles. The van der Waals surface area contributed by atoms with Gasteiger partial charge in [0.25, 0.3) is 0 Å². The van der Waals surface area contributed by atoms with Crippen molar-refractivity contribution < 1.29 is 28.9 Å². The van der Waals surface area contributed by atoms with E-state index < -0.39 is 29.7 Å². The summed E-state index contributed by atoms with van der Waals surface area (Å²) in [6, 6.07) is 2.65. The Morgan fingerprint density at radius 1 is 1.41 bits per heavy atom. The predicted molar refractivity (Wildman–Crippen MR) is 97.8 cm³/mol. The predicted octanol–water partition coefficient (Wildman–Crippen LogP) is 2.58. The van der Waals surface area contributed by atoms with Gasteiger partial charge in [-0.2, -0.15) is 0 Å². The van der Waals surface area contributed by atoms with Crippen molar-refractivity contribution in [2.45, 2.75) is 52.4 Å². The quantitative estimate of drug-likeness (QED) is 0.628. The summed E-state index contributed by atoms with van der Waals surface area (Å²) in [4.78, 5) is 24.5. The molecular formula is C20H22O7. The molecule has 0 unspecified atom stereocenters. The van der Waals surface area contributed by atoms with Crippen LogP contribution in [0.1, 0.15) is 39.0 Å². The number of esters is 1. The van der Waals surface area contributed by atoms with Gasteiger partial charge in [-0.1, -0.05) is 6.08 Å². The van der Waals surface area contributed by atoms with Crippen molar-refractivity contribution in [3.8, 4) is 11.5 Å². The standard InChI is InChI=1S/C20H22O7/c1-5-10(2)19(24)26-16-7-12-14(27-20(16,3)4)8-15-17(18(12)23)13(22)6-11(9-21)25-15/h5-6,8,16,21,23H,7,9H2,1-4H3/b10-5-/t16-/m0/s1. The second-order valence-electron chi connectivity index (χ2n) is 7.09. The van der Waals surface area contributed by atoms with Gasteiger partial charge in [0.05, 0.1) is 0 Å². The number of carbonyl (C=O) groups excluding carboxylic acids is 1. The highest BCUT2D eigenvalue weighted by Crippen LogP contribution is 2.42. The monoisotopic (exact) mass is 374 g/mol. The summed E-state index contributed by atoms with van der Waals surface area (Å²) in [5.74, 6) is -0.288. The van der Waals surface area contributed by atoms with Crippen molar-refractivity contribution >= 4 is 16.9 Å². The largest absolute Gasteiger partial charge is 0.507 e. The van der Waals surface area contributed by atoms with Gasteiger partial charge >= 0.3 is 5.97 Å². The number of ether oxygens (including phenoxy) is 2. The fourth-order valence-electron chi connectivity index (χ4n) is 3.04. The number of phenols is 1. The Bertz CT molecular complexity index is 998. The van der Waals surface area contributed by atoms with Gasteiger partial charge in [0.15, 0.2) is 5.43 Å². The summed E-state index contributed by atoms with van der Waals surface area (Å²) in [6.45, 7) is 6.52. The molecule has 0 spiro atoms. The van der Waals surface area contributed by atoms with E-state index in [1.165, 1.54) is 6.07 Å². The molecule has 1 atom stereocenters. The van der Waals surface area contributed by atoms with Gasteiger partial charge in [0.1, 0.15) is 46.5 Å². The molecule has 1 aliphatic rings. The van der Waals surface area contributed by atoms with E-state index in [2.05, 4.69) is 0 Å². The van der Waals surface area contributed by atoms with Crippen LogP contribution in [-0.4, -0.2) is 27.9 Å². The van der Waals surface area contributed by atoms with Crippen molar-refractivity contribution in [1.29, 1.82) is 0 Å². The maximum Gasteiger partial charge on any atom is 0.333 e. The third kappa shape index (κ3) is 3.30. The minimum Gasteiger partial charge on any atom is -0.507 e. The van der Waals surface area contributed by atoms with Gasteiger partial charge in [0, 0.05) is 29.7 Å². The van der Waals surface area contributed by atoms with E-state index in [9.17, 15) is 19.8 Å². The molecule has 0 bridgehead atoms. The number of hydrogen-bond acceptors (Lipinski definition) is 7. The molecule has 0 aliphatic carbocycles. The van der Waals surface area contributed by atoms with Crippen LogP contribution >= 0.6 is 0 Å². The molecule has 7 heteroatoms. The number of aliphatic hydroxyl groups excluding tert-OH is 1. The van der Waals surface area contributed by atoms with Crippen molar-refractivity contribution in [2.24, 2.45) is 0 Å². The van der Waals surface area contributed by atoms with Gasteiger partial charge in [0.2, 0.25) is 0 Å². The van der Waals surface area contributed by atoms with Crippen molar-refractivity contribution in [3.63, 3.8) is 0 Å². The smallest absolute Gasteiger partial charge is 0.333 e. The molecule has 0 fully saturated rings. The fourth-order valence-corrected chi connectivity index (χ4v) is 3.04. The van der Waals surface area contributed by atoms with Crippen LogP contribution in [0.3, 0.4) is 0 Å². The number of fused-ring (bicyclic) bond motifs is 2. The molecule has 2 aromatic rings. The summed E-state index contributed by atoms with van der Waals surface area (Å²) in [5.41, 5.74) is -0.355. The van der Waals surface area contributed by atoms with E-state index in [4.69, 9.17) is 13.9 Å². The van der Waals surface area contributed by atoms with Crippen LogP contribution in [0.4, 0.5) is 0 Å². The van der Waals surface area contributed by atoms with Gasteiger partial charge in [-0.3, -0.25) is 4.79 Å². The van der Waals surface area contributed by atoms with Crippen molar-refractivity contribution in [3.05, 3.63) is 45.3 Å². The average molecular weight is 374 g/mol. The van der Waals surface area contributed by atoms with Crippen LogP contribution in [0.2, 0.25) is 0 Å². The first-order valence-corrected chi connectivity index (χ1v) is 8.63. The molecule has 1 aliphatic heterocycles. The Morgan fingerprint density at radius 3 is 2.74 bits per heavy atom. The number of benzene rings is 1. The molecule has 1 aromatic carbocycles. The SMILES string of the molecule is C/C=C(/C)C(=O)O[C@H]1Cc2c(cc3oc(CO)cc(=O)c3c2O)OC1(C)C. The van der Waals surface area contributed by atoms with Gasteiger partial charge in [-0.05, 0) is 27.7 Å². The minimum absolute atomic E-state index is 0.00367. The summed E-state index contributed by atoms with van der Waals surface area (Å²) in [5, 5.41) is 19.9. The zero-order chi connectivity index (χ0) is 19.9. The lowest BCUT2D eigenvalue weighted by atomic mass is 9.89. The second-order valence-corrected chi connectivity index (χ2v) is 7.09. The Labute approximate surface area is 155 Å². The molecular weight excluding hydrogens is 352 g/mol. The first-order valence-electron chi connectivity index (χ1n) is 8.63. The molecule has 27 heavy (non-hydrogen) atoms. The molecule has 0 saturated heterocycles. The first-order chi connectivity index (χ1) is 12.7. The lowest BCUT2D eigenvalue weighted by Gasteiger charge is -2.39. The minimum atomic E-state index is -0.855. The van der Waals surface area contributed by atoms with Crippen LogP contribution in [-0.2, 0) is 22.6 Å². The molecule has 7 nitrogen and oxygen atoms in total. The Kier molecular flexibility index (Phi) is 4.73. The topological polar surface area (TPSA) is 106 Å². The zero-order valence-corrected chi connectivity index (χ0v) is 15.7. The van der Waals surface area contributed by atoms with Crippen molar-refractivity contribution in [2.75, 3.05) is 0 Å². The summed E-state index contributed by atoms with van der Waals surface area (Å²) in [6.07, 6.45) is 1.19. The van der Waals surface area contributed by atoms with Crippen LogP contribution in [0.15, 0.2) is 33.0 Å². The Balaban J connectivity index is 2.09. The molecule has 144 valence electrons. The van der Waals surface area contributed by atoms with Gasteiger partial charge in [-0.15, -0.1) is 0 Å². The summed E-state index contributed by atoms with van der Waals surface area (Å²) >= 11 is 0. The van der Waals surface area contributed by atoms with E-state index in [1.807, 2.05) is 0 Å². The maximum absolute atomic E-state index is 12.3. The van der Waals surface area contributed by atoms with Crippen molar-refractivity contribution in [1.82, 2.24) is 0 Å². The Hall–Kier alpha value is -2.80. The molecule has 2 N–H and O–H groups in total. The lowest BCUT2D eigenvalue weighted by Crippen LogP contribution is -2.49. The van der Waals surface area contributed by atoms with Crippen LogP contribution in [0.5, 0.6) is 11.5 Å². The highest BCUT2D eigenvalue weighted by Gasteiger charge is 2.41. The average Bonchev–Trinajstić information content (AvgIpc) is 2.61. The van der Waals surface area contributed by atoms with E-state index in [1.54, 1.807) is 33.8 Å². The summed E-state index contributed by atoms with van der Waals surface area (Å²) < 4.78 is 17.0. The number of rotatable bonds is 3. The van der Waals surface area contributed by atoms with E-state index >= 15 is 0 Å². The molecule has 0 saturated carbocycles. The number of aliphatic hydroxyl groups is 1. The van der Waals surface area contributed by atoms with E-state index in [0.29, 0.717) is 16.9 Å². The third-order valence-corrected chi connectivity index (χ3v) is 4.81. The first kappa shape index (κ1) is 19.0. The Morgan fingerprint density at radius 2 is 2.11 bits per heavy atom. The zero-order valence-electron chi connectivity index (χ0n) is 15.7. The van der Waals surface area contributed by atoms with Gasteiger partial charge < -0.3 is 24.1 Å². The number of allylic oxidation sites excluding steroid dienone is 1. The normalized spacial score (nSPS) is 18.7. The number of carbonyl (C=O) groups is 1. The molecule has 1 aromatic heterocycles. The number of hydrogen-bond donors (Lipinski definition) is 2. The highest BCUT2D eigenvalue weighted by atomic mass is 16.6. The van der Waals surface area contributed by atoms with E-state index in [-0.39, 0.29) is 28.9 Å². The van der Waals surface area contributed by atoms with Crippen LogP contribution < -0.4 is 10.2 Å². The maximum atomic E-state index is 12.3. The number of aromatic hydroxyl groups is 1. The number of phenolic OH excluding ortho intramolecular Hbond substituents is 1. The lowest BCUT2D eigenvalue weighted by molar-refractivity contribution is -0.156. The fraction of sp³-hybridized carbons (Fsp3) is 0.400. The molecule has 3 rings (SSSR count). The van der Waals surface area contributed by atoms with Gasteiger partial charge in [-0.25, -0.2) is 4.79 Å². The highest BCUT2D eigenvalue weighted by molar-refractivity contribution is 5.88. The second kappa shape index (κ2) is 6.74. The van der Waals surface area contributed by atoms with Crippen LogP contribution in [0.25, 0.3) is 11.0 Å². The van der Waals surface area contributed by atoms with E-state index in [0.717, 1.165) is 6.07 Å². The van der Waals surface area contributed by atoms with Crippen LogP contribution in [0, 0.1) is 0 Å². The third-order valence-electron chi connectivity index (χ3n) is 4.81.